The van der Waals surface area contributed by atoms with Crippen LogP contribution in [0.25, 0.3) is 0 Å². The van der Waals surface area contributed by atoms with Crippen molar-refractivity contribution in [3.63, 3.8) is 0 Å². The van der Waals surface area contributed by atoms with E-state index < -0.39 is 5.41 Å². The first-order valence-corrected chi connectivity index (χ1v) is 8.81. The molecule has 0 aliphatic carbocycles. The summed E-state index contributed by atoms with van der Waals surface area (Å²) in [5.74, 6) is -0.0764. The number of H-pyrrole nitrogens is 1. The maximum Gasteiger partial charge on any atom is 0.274 e. The molecule has 2 atom stereocenters. The number of nitrogens with zero attached hydrogens (tertiary/aromatic N) is 2. The first-order valence-electron chi connectivity index (χ1n) is 8.81. The lowest BCUT2D eigenvalue weighted by Crippen LogP contribution is -2.48. The Kier molecular flexibility index (Phi) is 3.63. The first-order chi connectivity index (χ1) is 12.1. The van der Waals surface area contributed by atoms with E-state index in [1.165, 1.54) is 0 Å². The Morgan fingerprint density at radius 2 is 2.20 bits per heavy atom. The Labute approximate surface area is 146 Å². The summed E-state index contributed by atoms with van der Waals surface area (Å²) in [6.07, 6.45) is 3.89. The van der Waals surface area contributed by atoms with Crippen molar-refractivity contribution in [3.05, 3.63) is 47.5 Å². The molecule has 2 aliphatic heterocycles. The molecule has 6 nitrogen and oxygen atoms in total. The molecule has 1 saturated heterocycles. The lowest BCUT2D eigenvalue weighted by atomic mass is 9.73. The van der Waals surface area contributed by atoms with Crippen LogP contribution in [0.15, 0.2) is 30.6 Å². The maximum absolute atomic E-state index is 13.1. The minimum absolute atomic E-state index is 0.0150. The topological polar surface area (TPSA) is 78.1 Å². The second kappa shape index (κ2) is 5.72. The number of fused-ring (bicyclic) bond motifs is 2. The number of para-hydroxylation sites is 1. The van der Waals surface area contributed by atoms with Gasteiger partial charge in [0, 0.05) is 17.9 Å². The summed E-state index contributed by atoms with van der Waals surface area (Å²) in [6, 6.07) is 7.70. The molecule has 1 spiro atoms. The molecule has 0 saturated carbocycles. The number of aromatic nitrogens is 2. The molecule has 0 radical (unpaired) electrons. The Hall–Kier alpha value is -2.63. The SMILES string of the molecule is CCC[C@@H]1N(C(=O)c2nc[nH]c2C)CC[C@]12C(=O)Nc1ccccc12. The number of aryl methyl sites for hydroxylation is 1. The van der Waals surface area contributed by atoms with E-state index in [4.69, 9.17) is 0 Å². The van der Waals surface area contributed by atoms with Crippen molar-refractivity contribution in [3.8, 4) is 0 Å². The predicted molar refractivity (Wildman–Crippen MR) is 94.4 cm³/mol. The van der Waals surface area contributed by atoms with Gasteiger partial charge in [0.15, 0.2) is 0 Å². The fourth-order valence-corrected chi connectivity index (χ4v) is 4.43. The van der Waals surface area contributed by atoms with E-state index in [1.807, 2.05) is 36.1 Å². The average Bonchev–Trinajstić information content (AvgIpc) is 3.27. The van der Waals surface area contributed by atoms with Crippen molar-refractivity contribution in [1.29, 1.82) is 0 Å². The molecule has 3 heterocycles. The Balaban J connectivity index is 1.78. The van der Waals surface area contributed by atoms with E-state index in [0.29, 0.717) is 18.7 Å². The van der Waals surface area contributed by atoms with Crippen LogP contribution in [0, 0.1) is 6.92 Å². The molecule has 0 bridgehead atoms. The molecule has 2 aromatic rings. The van der Waals surface area contributed by atoms with Crippen LogP contribution in [0.1, 0.15) is 47.9 Å². The van der Waals surface area contributed by atoms with Crippen LogP contribution in [0.5, 0.6) is 0 Å². The van der Waals surface area contributed by atoms with E-state index in [1.54, 1.807) is 6.33 Å². The van der Waals surface area contributed by atoms with Crippen molar-refractivity contribution in [2.45, 2.75) is 44.6 Å². The van der Waals surface area contributed by atoms with E-state index in [2.05, 4.69) is 22.2 Å². The summed E-state index contributed by atoms with van der Waals surface area (Å²) in [5, 5.41) is 3.03. The molecule has 1 aromatic heterocycles. The molecule has 2 aliphatic rings. The summed E-state index contributed by atoms with van der Waals surface area (Å²) in [6.45, 7) is 4.50. The molecular formula is C19H22N4O2. The van der Waals surface area contributed by atoms with Gasteiger partial charge in [0.2, 0.25) is 5.91 Å². The van der Waals surface area contributed by atoms with Crippen molar-refractivity contribution in [1.82, 2.24) is 14.9 Å². The monoisotopic (exact) mass is 338 g/mol. The summed E-state index contributed by atoms with van der Waals surface area (Å²) in [4.78, 5) is 35.1. The number of amides is 2. The lowest BCUT2D eigenvalue weighted by Gasteiger charge is -2.33. The van der Waals surface area contributed by atoms with Crippen LogP contribution in [-0.2, 0) is 10.2 Å². The Morgan fingerprint density at radius 3 is 2.92 bits per heavy atom. The van der Waals surface area contributed by atoms with Crippen LogP contribution in [0.3, 0.4) is 0 Å². The highest BCUT2D eigenvalue weighted by Gasteiger charge is 2.58. The number of rotatable bonds is 3. The molecule has 0 unspecified atom stereocenters. The van der Waals surface area contributed by atoms with E-state index in [-0.39, 0.29) is 17.9 Å². The number of anilines is 1. The molecule has 1 fully saturated rings. The van der Waals surface area contributed by atoms with Gasteiger partial charge in [-0.05, 0) is 31.4 Å². The number of likely N-dealkylation sites (tertiary alicyclic amines) is 1. The van der Waals surface area contributed by atoms with Crippen LogP contribution >= 0.6 is 0 Å². The number of imidazole rings is 1. The largest absolute Gasteiger partial charge is 0.348 e. The van der Waals surface area contributed by atoms with Gasteiger partial charge in [-0.2, -0.15) is 0 Å². The minimum Gasteiger partial charge on any atom is -0.348 e. The standard InChI is InChI=1S/C19H22N4O2/c1-3-6-15-19(13-7-4-5-8-14(13)22-18(19)25)9-10-23(15)17(24)16-12(2)20-11-21-16/h4-5,7-8,11,15H,3,6,9-10H2,1-2H3,(H,20,21)(H,22,25)/t15-,19+/m0/s1. The zero-order valence-corrected chi connectivity index (χ0v) is 14.5. The van der Waals surface area contributed by atoms with Gasteiger partial charge in [0.25, 0.3) is 5.91 Å². The number of carbonyl (C=O) groups is 2. The summed E-state index contributed by atoms with van der Waals surface area (Å²) in [7, 11) is 0. The van der Waals surface area contributed by atoms with Crippen LogP contribution < -0.4 is 5.32 Å². The number of nitrogens with one attached hydrogen (secondary N) is 2. The second-order valence-electron chi connectivity index (χ2n) is 6.90. The van der Waals surface area contributed by atoms with Gasteiger partial charge in [-0.3, -0.25) is 9.59 Å². The van der Waals surface area contributed by atoms with Gasteiger partial charge in [0.1, 0.15) is 5.69 Å². The molecule has 130 valence electrons. The molecule has 4 rings (SSSR count). The molecule has 2 N–H and O–H groups in total. The lowest BCUT2D eigenvalue weighted by molar-refractivity contribution is -0.121. The highest BCUT2D eigenvalue weighted by atomic mass is 16.2. The van der Waals surface area contributed by atoms with E-state index >= 15 is 0 Å². The number of aromatic amines is 1. The second-order valence-corrected chi connectivity index (χ2v) is 6.90. The highest BCUT2D eigenvalue weighted by molar-refractivity contribution is 6.08. The summed E-state index contributed by atoms with van der Waals surface area (Å²) < 4.78 is 0. The van der Waals surface area contributed by atoms with Gasteiger partial charge < -0.3 is 15.2 Å². The fourth-order valence-electron chi connectivity index (χ4n) is 4.43. The number of hydrogen-bond acceptors (Lipinski definition) is 3. The van der Waals surface area contributed by atoms with Crippen molar-refractivity contribution < 1.29 is 9.59 Å². The first kappa shape index (κ1) is 15.9. The summed E-state index contributed by atoms with van der Waals surface area (Å²) >= 11 is 0. The quantitative estimate of drug-likeness (QED) is 0.903. The zero-order valence-electron chi connectivity index (χ0n) is 14.5. The number of benzene rings is 1. The average molecular weight is 338 g/mol. The van der Waals surface area contributed by atoms with Crippen molar-refractivity contribution in [2.75, 3.05) is 11.9 Å². The minimum atomic E-state index is -0.646. The number of hydrogen-bond donors (Lipinski definition) is 2. The molecule has 25 heavy (non-hydrogen) atoms. The Morgan fingerprint density at radius 1 is 1.40 bits per heavy atom. The third-order valence-corrected chi connectivity index (χ3v) is 5.61. The van der Waals surface area contributed by atoms with Gasteiger partial charge in [0.05, 0.1) is 17.8 Å². The van der Waals surface area contributed by atoms with Crippen molar-refractivity contribution >= 4 is 17.5 Å². The van der Waals surface area contributed by atoms with E-state index in [9.17, 15) is 9.59 Å². The smallest absolute Gasteiger partial charge is 0.274 e. The van der Waals surface area contributed by atoms with Crippen LogP contribution in [0.4, 0.5) is 5.69 Å². The van der Waals surface area contributed by atoms with Gasteiger partial charge >= 0.3 is 0 Å². The molecule has 6 heteroatoms. The number of carbonyl (C=O) groups excluding carboxylic acids is 2. The van der Waals surface area contributed by atoms with Gasteiger partial charge in [-0.15, -0.1) is 0 Å². The van der Waals surface area contributed by atoms with Crippen LogP contribution in [-0.4, -0.2) is 39.3 Å². The van der Waals surface area contributed by atoms with Gasteiger partial charge in [-0.1, -0.05) is 31.5 Å². The molecule has 1 aromatic carbocycles. The third-order valence-electron chi connectivity index (χ3n) is 5.61. The highest BCUT2D eigenvalue weighted by Crippen LogP contribution is 2.49. The molecule has 2 amide bonds. The summed E-state index contributed by atoms with van der Waals surface area (Å²) in [5.41, 5.74) is 2.46. The van der Waals surface area contributed by atoms with Crippen LogP contribution in [0.2, 0.25) is 0 Å². The zero-order chi connectivity index (χ0) is 17.6. The Bertz CT molecular complexity index is 843. The normalized spacial score (nSPS) is 24.6. The van der Waals surface area contributed by atoms with E-state index in [0.717, 1.165) is 29.8 Å². The maximum atomic E-state index is 13.1. The fraction of sp³-hybridized carbons (Fsp3) is 0.421. The predicted octanol–water partition coefficient (Wildman–Crippen LogP) is 2.62. The van der Waals surface area contributed by atoms with Crippen molar-refractivity contribution in [2.24, 2.45) is 0 Å². The third kappa shape index (κ3) is 2.13. The molecular weight excluding hydrogens is 316 g/mol. The van der Waals surface area contributed by atoms with Gasteiger partial charge in [-0.25, -0.2) is 4.98 Å².